The zero-order chi connectivity index (χ0) is 41.5. The normalized spacial score (nSPS) is 12.7. The first-order chi connectivity index (χ1) is 28.0. The van der Waals surface area contributed by atoms with Crippen molar-refractivity contribution in [1.82, 2.24) is 0 Å². The molecule has 0 aromatic carbocycles. The molecule has 0 bridgehead atoms. The number of unbranched alkanes of at least 4 members (excludes halogenated alkanes) is 18. The number of ether oxygens (including phenoxy) is 3. The molecule has 6 heteroatoms. The van der Waals surface area contributed by atoms with Gasteiger partial charge in [-0.05, 0) is 83.5 Å². The lowest BCUT2D eigenvalue weighted by Gasteiger charge is -2.18. The molecule has 0 rings (SSSR count). The molecule has 0 aliphatic carbocycles. The third-order valence-electron chi connectivity index (χ3n) is 9.70. The van der Waals surface area contributed by atoms with Crippen LogP contribution < -0.4 is 0 Å². The van der Waals surface area contributed by atoms with Gasteiger partial charge in [0.15, 0.2) is 6.10 Å². The molecule has 0 saturated carbocycles. The summed E-state index contributed by atoms with van der Waals surface area (Å²) in [7, 11) is 0. The minimum Gasteiger partial charge on any atom is -0.462 e. The number of allylic oxidation sites excluding steroid dienone is 12. The fraction of sp³-hybridized carbons (Fsp3) is 0.706. The second-order valence-electron chi connectivity index (χ2n) is 15.3. The monoisotopic (exact) mass is 795 g/mol. The Morgan fingerprint density at radius 2 is 0.702 bits per heavy atom. The van der Waals surface area contributed by atoms with Crippen LogP contribution >= 0.6 is 0 Å². The van der Waals surface area contributed by atoms with Crippen molar-refractivity contribution >= 4 is 17.9 Å². The molecule has 1 unspecified atom stereocenters. The summed E-state index contributed by atoms with van der Waals surface area (Å²) in [6, 6.07) is 0. The third-order valence-corrected chi connectivity index (χ3v) is 9.70. The summed E-state index contributed by atoms with van der Waals surface area (Å²) >= 11 is 0. The van der Waals surface area contributed by atoms with Gasteiger partial charge in [-0.15, -0.1) is 0 Å². The van der Waals surface area contributed by atoms with Crippen LogP contribution in [0.1, 0.15) is 213 Å². The van der Waals surface area contributed by atoms with Gasteiger partial charge in [-0.2, -0.15) is 0 Å². The zero-order valence-corrected chi connectivity index (χ0v) is 37.1. The Kier molecular flexibility index (Phi) is 43.0. The highest BCUT2D eigenvalue weighted by molar-refractivity contribution is 5.71. The molecule has 0 radical (unpaired) electrons. The van der Waals surface area contributed by atoms with Crippen LogP contribution in [0.15, 0.2) is 72.9 Å². The smallest absolute Gasteiger partial charge is 0.306 e. The molecule has 0 aromatic heterocycles. The van der Waals surface area contributed by atoms with E-state index in [0.717, 1.165) is 77.0 Å². The van der Waals surface area contributed by atoms with Crippen LogP contribution in [-0.4, -0.2) is 37.2 Å². The molecule has 1 atom stereocenters. The van der Waals surface area contributed by atoms with Gasteiger partial charge in [0.25, 0.3) is 0 Å². The van der Waals surface area contributed by atoms with E-state index < -0.39 is 6.10 Å². The summed E-state index contributed by atoms with van der Waals surface area (Å²) in [5.74, 6) is -1.00. The first-order valence-corrected chi connectivity index (χ1v) is 23.4. The van der Waals surface area contributed by atoms with Gasteiger partial charge in [-0.1, -0.05) is 184 Å². The van der Waals surface area contributed by atoms with Gasteiger partial charge in [0.2, 0.25) is 0 Å². The number of carbonyl (C=O) groups is 3. The van der Waals surface area contributed by atoms with Gasteiger partial charge in [0, 0.05) is 19.3 Å². The van der Waals surface area contributed by atoms with Crippen molar-refractivity contribution in [3.63, 3.8) is 0 Å². The summed E-state index contributed by atoms with van der Waals surface area (Å²) in [4.78, 5) is 37.7. The van der Waals surface area contributed by atoms with Crippen molar-refractivity contribution < 1.29 is 28.6 Å². The zero-order valence-electron chi connectivity index (χ0n) is 37.1. The fourth-order valence-electron chi connectivity index (χ4n) is 6.18. The van der Waals surface area contributed by atoms with E-state index in [4.69, 9.17) is 14.2 Å². The second-order valence-corrected chi connectivity index (χ2v) is 15.3. The number of hydrogen-bond donors (Lipinski definition) is 0. The molecule has 0 N–H and O–H groups in total. The van der Waals surface area contributed by atoms with E-state index in [1.807, 2.05) is 0 Å². The Morgan fingerprint density at radius 3 is 1.18 bits per heavy atom. The summed E-state index contributed by atoms with van der Waals surface area (Å²) in [6.07, 6.45) is 56.1. The van der Waals surface area contributed by atoms with E-state index in [1.54, 1.807) is 0 Å². The van der Waals surface area contributed by atoms with Crippen LogP contribution in [0.25, 0.3) is 0 Å². The van der Waals surface area contributed by atoms with Crippen molar-refractivity contribution in [3.8, 4) is 0 Å². The third kappa shape index (κ3) is 43.8. The highest BCUT2D eigenvalue weighted by Gasteiger charge is 2.19. The van der Waals surface area contributed by atoms with Gasteiger partial charge < -0.3 is 14.2 Å². The van der Waals surface area contributed by atoms with Crippen LogP contribution in [-0.2, 0) is 28.6 Å². The second kappa shape index (κ2) is 45.6. The van der Waals surface area contributed by atoms with E-state index in [2.05, 4.69) is 93.7 Å². The molecule has 0 fully saturated rings. The summed E-state index contributed by atoms with van der Waals surface area (Å²) in [5.41, 5.74) is 0. The van der Waals surface area contributed by atoms with Gasteiger partial charge in [0.05, 0.1) is 0 Å². The lowest BCUT2D eigenvalue weighted by atomic mass is 10.0. The Hall–Kier alpha value is -3.15. The van der Waals surface area contributed by atoms with Gasteiger partial charge in [-0.3, -0.25) is 14.4 Å². The lowest BCUT2D eigenvalue weighted by Crippen LogP contribution is -2.30. The maximum absolute atomic E-state index is 12.7. The number of hydrogen-bond acceptors (Lipinski definition) is 6. The van der Waals surface area contributed by atoms with Crippen molar-refractivity contribution in [2.75, 3.05) is 13.2 Å². The fourth-order valence-corrected chi connectivity index (χ4v) is 6.18. The quantitative estimate of drug-likeness (QED) is 0.0265. The Morgan fingerprint density at radius 1 is 0.368 bits per heavy atom. The maximum atomic E-state index is 12.7. The molecule has 0 spiro atoms. The van der Waals surface area contributed by atoms with E-state index in [0.29, 0.717) is 19.3 Å². The summed E-state index contributed by atoms with van der Waals surface area (Å²) < 4.78 is 16.6. The molecule has 0 aliphatic rings. The van der Waals surface area contributed by atoms with Crippen LogP contribution in [0.3, 0.4) is 0 Å². The van der Waals surface area contributed by atoms with E-state index in [-0.39, 0.29) is 37.5 Å². The predicted molar refractivity (Wildman–Crippen MR) is 242 cm³/mol. The summed E-state index contributed by atoms with van der Waals surface area (Å²) in [5, 5.41) is 0. The van der Waals surface area contributed by atoms with Crippen LogP contribution in [0.2, 0.25) is 0 Å². The average molecular weight is 795 g/mol. The minimum atomic E-state index is -0.806. The lowest BCUT2D eigenvalue weighted by molar-refractivity contribution is -0.167. The number of esters is 3. The van der Waals surface area contributed by atoms with Crippen molar-refractivity contribution in [3.05, 3.63) is 72.9 Å². The Labute approximate surface area is 351 Å². The highest BCUT2D eigenvalue weighted by atomic mass is 16.6. The molecule has 0 amide bonds. The molecule has 6 nitrogen and oxygen atoms in total. The van der Waals surface area contributed by atoms with Crippen molar-refractivity contribution in [2.24, 2.45) is 0 Å². The largest absolute Gasteiger partial charge is 0.462 e. The summed E-state index contributed by atoms with van der Waals surface area (Å²) in [6.45, 7) is 6.39. The average Bonchev–Trinajstić information content (AvgIpc) is 3.21. The highest BCUT2D eigenvalue weighted by Crippen LogP contribution is 2.14. The Balaban J connectivity index is 4.46. The first kappa shape index (κ1) is 53.9. The molecular formula is C51H86O6. The molecular weight excluding hydrogens is 709 g/mol. The maximum Gasteiger partial charge on any atom is 0.306 e. The molecule has 57 heavy (non-hydrogen) atoms. The molecule has 0 saturated heterocycles. The van der Waals surface area contributed by atoms with E-state index in [1.165, 1.54) is 89.9 Å². The number of rotatable bonds is 41. The SMILES string of the molecule is CC/C=C\C/C=C\CCCCC(=O)OCC(COC(=O)CCC/C=C\C/C=C\C/C=C\C/C=C\CCCCC)OC(=O)CCCCCCCCCCCCCCC. The van der Waals surface area contributed by atoms with Crippen molar-refractivity contribution in [2.45, 2.75) is 219 Å². The van der Waals surface area contributed by atoms with Gasteiger partial charge >= 0.3 is 17.9 Å². The Bertz CT molecular complexity index is 1100. The van der Waals surface area contributed by atoms with Crippen LogP contribution in [0, 0.1) is 0 Å². The van der Waals surface area contributed by atoms with Crippen LogP contribution in [0.5, 0.6) is 0 Å². The molecule has 0 aliphatic heterocycles. The standard InChI is InChI=1S/C51H86O6/c1-4-7-10-13-16-19-21-23-24-25-26-28-29-32-35-38-41-44-50(53)56-47-48(46-55-49(52)43-40-37-34-31-18-15-12-9-6-3)57-51(54)45-42-39-36-33-30-27-22-20-17-14-11-8-5-2/h9,12,16,18-19,23-24,26,28,31-32,35,48H,4-8,10-11,13-15,17,20-22,25,27,29-30,33-34,36-47H2,1-3H3/b12-9-,19-16-,24-23-,28-26-,31-18-,35-32-. The van der Waals surface area contributed by atoms with Crippen molar-refractivity contribution in [1.29, 1.82) is 0 Å². The number of carbonyl (C=O) groups excluding carboxylic acids is 3. The first-order valence-electron chi connectivity index (χ1n) is 23.4. The van der Waals surface area contributed by atoms with Gasteiger partial charge in [-0.25, -0.2) is 0 Å². The van der Waals surface area contributed by atoms with Crippen LogP contribution in [0.4, 0.5) is 0 Å². The van der Waals surface area contributed by atoms with Gasteiger partial charge in [0.1, 0.15) is 13.2 Å². The van der Waals surface area contributed by atoms with E-state index in [9.17, 15) is 14.4 Å². The van der Waals surface area contributed by atoms with E-state index >= 15 is 0 Å². The molecule has 0 aromatic rings. The minimum absolute atomic E-state index is 0.109. The predicted octanol–water partition coefficient (Wildman–Crippen LogP) is 15.1. The molecule has 0 heterocycles. The topological polar surface area (TPSA) is 78.9 Å². The molecule has 326 valence electrons.